The summed E-state index contributed by atoms with van der Waals surface area (Å²) in [7, 11) is 0. The lowest BCUT2D eigenvalue weighted by Gasteiger charge is -2.25. The molecule has 1 saturated heterocycles. The van der Waals surface area contributed by atoms with Crippen LogP contribution >= 0.6 is 34.9 Å². The summed E-state index contributed by atoms with van der Waals surface area (Å²) in [6.45, 7) is 8.23. The molecule has 3 aromatic rings. The molecular formula is C22H31N5S3. The zero-order chi connectivity index (χ0) is 20.5. The van der Waals surface area contributed by atoms with Crippen LogP contribution in [0.5, 0.6) is 0 Å². The predicted molar refractivity (Wildman–Crippen MR) is 130 cm³/mol. The Hall–Kier alpha value is -0.830. The van der Waals surface area contributed by atoms with Gasteiger partial charge in [-0.05, 0) is 63.1 Å². The van der Waals surface area contributed by atoms with Crippen molar-refractivity contribution in [2.45, 2.75) is 75.0 Å². The molecule has 0 spiro atoms. The third-order valence-corrected chi connectivity index (χ3v) is 9.52. The largest absolute Gasteiger partial charge is 0.303 e. The zero-order valence-corrected chi connectivity index (χ0v) is 20.5. The molecular weight excluding hydrogens is 430 g/mol. The molecule has 0 unspecified atom stereocenters. The summed E-state index contributed by atoms with van der Waals surface area (Å²) in [4.78, 5) is 10.4. The number of rotatable bonds is 7. The molecule has 1 aliphatic carbocycles. The zero-order valence-electron chi connectivity index (χ0n) is 18.0. The minimum atomic E-state index is 0.592. The molecule has 30 heavy (non-hydrogen) atoms. The normalized spacial score (nSPS) is 20.3. The molecule has 162 valence electrons. The average molecular weight is 462 g/mol. The lowest BCUT2D eigenvalue weighted by Crippen LogP contribution is -2.31. The van der Waals surface area contributed by atoms with Gasteiger partial charge in [-0.2, -0.15) is 0 Å². The maximum Gasteiger partial charge on any atom is 0.197 e. The Balaban J connectivity index is 1.51. The standard InChI is InChI=1S/C22H31N5S3/c1-3-13-28-21-23-20-18(17-15(2)8-7-9-16(17)30-20)19-24-25-22(27(19)21)29-14-12-26-10-5-4-6-11-26/h15H,3-14H2,1-2H3/t15-/m1/s1. The van der Waals surface area contributed by atoms with E-state index in [-0.39, 0.29) is 0 Å². The molecule has 2 aliphatic rings. The molecule has 0 amide bonds. The van der Waals surface area contributed by atoms with Crippen molar-refractivity contribution >= 4 is 50.7 Å². The second kappa shape index (κ2) is 9.35. The highest BCUT2D eigenvalue weighted by atomic mass is 32.2. The van der Waals surface area contributed by atoms with Gasteiger partial charge in [0.25, 0.3) is 0 Å². The topological polar surface area (TPSA) is 46.3 Å². The smallest absolute Gasteiger partial charge is 0.197 e. The van der Waals surface area contributed by atoms with Crippen LogP contribution in [0.25, 0.3) is 15.9 Å². The van der Waals surface area contributed by atoms with Crippen molar-refractivity contribution in [3.8, 4) is 0 Å². The monoisotopic (exact) mass is 461 g/mol. The van der Waals surface area contributed by atoms with Gasteiger partial charge in [0.15, 0.2) is 16.0 Å². The van der Waals surface area contributed by atoms with Gasteiger partial charge in [-0.1, -0.05) is 43.8 Å². The number of thioether (sulfide) groups is 2. The Labute approximate surface area is 191 Å². The van der Waals surface area contributed by atoms with E-state index in [4.69, 9.17) is 10.1 Å². The third-order valence-electron chi connectivity index (χ3n) is 6.31. The van der Waals surface area contributed by atoms with E-state index in [0.29, 0.717) is 5.92 Å². The second-order valence-corrected chi connectivity index (χ2v) is 11.8. The molecule has 8 heteroatoms. The number of likely N-dealkylation sites (tertiary alicyclic amines) is 1. The van der Waals surface area contributed by atoms with Crippen molar-refractivity contribution in [2.24, 2.45) is 0 Å². The number of fused-ring (bicyclic) bond motifs is 5. The average Bonchev–Trinajstić information content (AvgIpc) is 3.35. The van der Waals surface area contributed by atoms with E-state index in [1.165, 1.54) is 67.4 Å². The first-order valence-corrected chi connectivity index (χ1v) is 14.2. The van der Waals surface area contributed by atoms with Crippen LogP contribution < -0.4 is 0 Å². The minimum absolute atomic E-state index is 0.592. The molecule has 4 heterocycles. The molecule has 0 saturated carbocycles. The number of nitrogens with zero attached hydrogens (tertiary/aromatic N) is 5. The first kappa shape index (κ1) is 21.0. The van der Waals surface area contributed by atoms with Crippen LogP contribution in [0.4, 0.5) is 0 Å². The number of piperidine rings is 1. The molecule has 5 rings (SSSR count). The lowest BCUT2D eigenvalue weighted by molar-refractivity contribution is 0.242. The van der Waals surface area contributed by atoms with Gasteiger partial charge >= 0.3 is 0 Å². The molecule has 0 aromatic carbocycles. The van der Waals surface area contributed by atoms with E-state index in [1.807, 2.05) is 34.9 Å². The van der Waals surface area contributed by atoms with Crippen molar-refractivity contribution < 1.29 is 0 Å². The van der Waals surface area contributed by atoms with E-state index in [1.54, 1.807) is 0 Å². The van der Waals surface area contributed by atoms with Crippen LogP contribution in [0.2, 0.25) is 0 Å². The Bertz CT molecular complexity index is 1020. The van der Waals surface area contributed by atoms with Crippen LogP contribution in [0.1, 0.15) is 68.7 Å². The number of hydrogen-bond donors (Lipinski definition) is 0. The second-order valence-electron chi connectivity index (χ2n) is 8.55. The van der Waals surface area contributed by atoms with Gasteiger partial charge in [-0.3, -0.25) is 0 Å². The quantitative estimate of drug-likeness (QED) is 0.324. The summed E-state index contributed by atoms with van der Waals surface area (Å²) < 4.78 is 2.26. The maximum absolute atomic E-state index is 5.15. The number of thiophene rings is 1. The molecule has 1 fully saturated rings. The Morgan fingerprint density at radius 2 is 1.87 bits per heavy atom. The Morgan fingerprint density at radius 1 is 1.03 bits per heavy atom. The van der Waals surface area contributed by atoms with Crippen molar-refractivity contribution in [2.75, 3.05) is 31.1 Å². The SMILES string of the molecule is CCCSc1nc2sc3c(c2c2nnc(SCCN4CCCCC4)n12)[C@H](C)CCC3. The van der Waals surface area contributed by atoms with E-state index < -0.39 is 0 Å². The highest BCUT2D eigenvalue weighted by molar-refractivity contribution is 7.99. The Kier molecular flexibility index (Phi) is 6.55. The highest BCUT2D eigenvalue weighted by Crippen LogP contribution is 2.44. The van der Waals surface area contributed by atoms with E-state index in [9.17, 15) is 0 Å². The summed E-state index contributed by atoms with van der Waals surface area (Å²) >= 11 is 5.58. The molecule has 0 bridgehead atoms. The van der Waals surface area contributed by atoms with Gasteiger partial charge in [-0.25, -0.2) is 9.38 Å². The Morgan fingerprint density at radius 3 is 2.70 bits per heavy atom. The fourth-order valence-corrected chi connectivity index (χ4v) is 7.99. The van der Waals surface area contributed by atoms with Crippen molar-refractivity contribution in [1.29, 1.82) is 0 Å². The van der Waals surface area contributed by atoms with Gasteiger partial charge in [0.05, 0.1) is 5.39 Å². The van der Waals surface area contributed by atoms with Crippen molar-refractivity contribution in [3.05, 3.63) is 10.4 Å². The molecule has 0 radical (unpaired) electrons. The summed E-state index contributed by atoms with van der Waals surface area (Å²) in [5.41, 5.74) is 2.54. The predicted octanol–water partition coefficient (Wildman–Crippen LogP) is 5.86. The minimum Gasteiger partial charge on any atom is -0.303 e. The number of aryl methyl sites for hydroxylation is 1. The van der Waals surface area contributed by atoms with Crippen molar-refractivity contribution in [1.82, 2.24) is 24.5 Å². The first-order chi connectivity index (χ1) is 14.8. The fourth-order valence-electron chi connectivity index (χ4n) is 4.77. The van der Waals surface area contributed by atoms with Gasteiger partial charge in [0.1, 0.15) is 4.83 Å². The molecule has 0 N–H and O–H groups in total. The summed E-state index contributed by atoms with van der Waals surface area (Å²) in [6.07, 6.45) is 8.97. The van der Waals surface area contributed by atoms with Crippen molar-refractivity contribution in [3.63, 3.8) is 0 Å². The first-order valence-electron chi connectivity index (χ1n) is 11.4. The maximum atomic E-state index is 5.15. The van der Waals surface area contributed by atoms with Crippen LogP contribution in [-0.4, -0.2) is 55.6 Å². The third kappa shape index (κ3) is 4.00. The summed E-state index contributed by atoms with van der Waals surface area (Å²) in [5.74, 6) is 2.73. The van der Waals surface area contributed by atoms with E-state index in [0.717, 1.165) is 45.3 Å². The molecule has 1 atom stereocenters. The summed E-state index contributed by atoms with van der Waals surface area (Å²) in [6, 6.07) is 0. The number of hydrogen-bond acceptors (Lipinski definition) is 7. The number of aromatic nitrogens is 4. The summed E-state index contributed by atoms with van der Waals surface area (Å²) in [5, 5.41) is 12.7. The van der Waals surface area contributed by atoms with Gasteiger partial charge in [0, 0.05) is 22.9 Å². The molecule has 3 aromatic heterocycles. The van der Waals surface area contributed by atoms with Crippen LogP contribution in [0.3, 0.4) is 0 Å². The molecule has 5 nitrogen and oxygen atoms in total. The van der Waals surface area contributed by atoms with Crippen LogP contribution in [0.15, 0.2) is 10.3 Å². The van der Waals surface area contributed by atoms with E-state index in [2.05, 4.69) is 28.2 Å². The fraction of sp³-hybridized carbons (Fsp3) is 0.682. The van der Waals surface area contributed by atoms with Gasteiger partial charge in [-0.15, -0.1) is 21.5 Å². The van der Waals surface area contributed by atoms with E-state index >= 15 is 0 Å². The van der Waals surface area contributed by atoms with Gasteiger partial charge in [0.2, 0.25) is 0 Å². The molecule has 1 aliphatic heterocycles. The van der Waals surface area contributed by atoms with Crippen LogP contribution in [0, 0.1) is 0 Å². The highest BCUT2D eigenvalue weighted by Gasteiger charge is 2.27. The van der Waals surface area contributed by atoms with Crippen LogP contribution in [-0.2, 0) is 6.42 Å². The van der Waals surface area contributed by atoms with Gasteiger partial charge < -0.3 is 4.90 Å². The lowest BCUT2D eigenvalue weighted by atomic mass is 9.87.